The van der Waals surface area contributed by atoms with Crippen molar-refractivity contribution in [1.82, 2.24) is 15.2 Å². The SMILES string of the molecule is COc1ccc(Br)cc1CN1C(=O)c2ccccc2[C@@H]1C(=O)NCc1cccnc1. The van der Waals surface area contributed by atoms with Gasteiger partial charge in [0.15, 0.2) is 0 Å². The minimum Gasteiger partial charge on any atom is -0.496 e. The number of nitrogens with zero attached hydrogens (tertiary/aromatic N) is 2. The molecular formula is C23H20BrN3O3. The molecule has 1 N–H and O–H groups in total. The number of benzene rings is 2. The van der Waals surface area contributed by atoms with E-state index in [1.54, 1.807) is 30.5 Å². The zero-order valence-corrected chi connectivity index (χ0v) is 17.9. The average Bonchev–Trinajstić information content (AvgIpc) is 3.05. The summed E-state index contributed by atoms with van der Waals surface area (Å²) < 4.78 is 6.33. The standard InChI is InChI=1S/C23H20BrN3O3/c1-30-20-9-8-17(24)11-16(20)14-27-21(18-6-2-3-7-19(18)23(27)29)22(28)26-13-15-5-4-10-25-12-15/h2-12,21H,13-14H2,1H3,(H,26,28)/t21-/m1/s1. The van der Waals surface area contributed by atoms with Crippen molar-refractivity contribution < 1.29 is 14.3 Å². The predicted molar refractivity (Wildman–Crippen MR) is 116 cm³/mol. The van der Waals surface area contributed by atoms with Gasteiger partial charge in [-0.2, -0.15) is 0 Å². The number of ether oxygens (including phenoxy) is 1. The van der Waals surface area contributed by atoms with Gasteiger partial charge in [-0.05, 0) is 41.5 Å². The molecule has 2 heterocycles. The summed E-state index contributed by atoms with van der Waals surface area (Å²) in [5.74, 6) is 0.261. The Labute approximate surface area is 183 Å². The van der Waals surface area contributed by atoms with Crippen molar-refractivity contribution in [3.05, 3.63) is 93.7 Å². The number of carbonyl (C=O) groups excluding carboxylic acids is 2. The van der Waals surface area contributed by atoms with Crippen LogP contribution in [0.1, 0.15) is 33.1 Å². The Morgan fingerprint density at radius 1 is 1.20 bits per heavy atom. The van der Waals surface area contributed by atoms with Gasteiger partial charge in [-0.1, -0.05) is 40.2 Å². The molecule has 4 rings (SSSR count). The Balaban J connectivity index is 1.64. The van der Waals surface area contributed by atoms with E-state index in [2.05, 4.69) is 26.2 Å². The summed E-state index contributed by atoms with van der Waals surface area (Å²) in [7, 11) is 1.59. The number of fused-ring (bicyclic) bond motifs is 1. The second-order valence-corrected chi connectivity index (χ2v) is 7.87. The number of halogens is 1. The molecule has 0 bridgehead atoms. The van der Waals surface area contributed by atoms with Crippen LogP contribution in [0.25, 0.3) is 0 Å². The number of carbonyl (C=O) groups is 2. The van der Waals surface area contributed by atoms with Gasteiger partial charge in [-0.3, -0.25) is 14.6 Å². The molecule has 0 saturated carbocycles. The minimum atomic E-state index is -0.714. The second kappa shape index (κ2) is 8.67. The monoisotopic (exact) mass is 465 g/mol. The van der Waals surface area contributed by atoms with Crippen LogP contribution in [0.15, 0.2) is 71.5 Å². The van der Waals surface area contributed by atoms with Crippen molar-refractivity contribution >= 4 is 27.7 Å². The maximum absolute atomic E-state index is 13.2. The van der Waals surface area contributed by atoms with Crippen molar-refractivity contribution in [2.24, 2.45) is 0 Å². The number of pyridine rings is 1. The van der Waals surface area contributed by atoms with Crippen LogP contribution < -0.4 is 10.1 Å². The van der Waals surface area contributed by atoms with Gasteiger partial charge in [0.25, 0.3) is 5.91 Å². The third-order valence-electron chi connectivity index (χ3n) is 5.08. The van der Waals surface area contributed by atoms with E-state index in [0.29, 0.717) is 23.4 Å². The molecule has 1 aliphatic rings. The normalized spacial score (nSPS) is 15.1. The largest absolute Gasteiger partial charge is 0.496 e. The van der Waals surface area contributed by atoms with Gasteiger partial charge >= 0.3 is 0 Å². The van der Waals surface area contributed by atoms with E-state index in [9.17, 15) is 9.59 Å². The van der Waals surface area contributed by atoms with E-state index in [1.165, 1.54) is 0 Å². The quantitative estimate of drug-likeness (QED) is 0.599. The van der Waals surface area contributed by atoms with Crippen LogP contribution in [0.2, 0.25) is 0 Å². The molecule has 2 aromatic carbocycles. The van der Waals surface area contributed by atoms with Crippen LogP contribution in [0.3, 0.4) is 0 Å². The molecule has 3 aromatic rings. The van der Waals surface area contributed by atoms with Gasteiger partial charge in [-0.25, -0.2) is 0 Å². The summed E-state index contributed by atoms with van der Waals surface area (Å²) in [6, 6.07) is 15.9. The van der Waals surface area contributed by atoms with Crippen LogP contribution in [0, 0.1) is 0 Å². The van der Waals surface area contributed by atoms with Crippen molar-refractivity contribution in [3.8, 4) is 5.75 Å². The Kier molecular flexibility index (Phi) is 5.81. The molecule has 1 aromatic heterocycles. The first-order valence-corrected chi connectivity index (χ1v) is 10.3. The first-order chi connectivity index (χ1) is 14.6. The molecule has 0 spiro atoms. The predicted octanol–water partition coefficient (Wildman–Crippen LogP) is 3.87. The first-order valence-electron chi connectivity index (χ1n) is 9.47. The fraction of sp³-hybridized carbons (Fsp3) is 0.174. The van der Waals surface area contributed by atoms with Crippen LogP contribution in [-0.4, -0.2) is 28.8 Å². The molecule has 0 radical (unpaired) electrons. The van der Waals surface area contributed by atoms with Crippen LogP contribution in [0.4, 0.5) is 0 Å². The highest BCUT2D eigenvalue weighted by atomic mass is 79.9. The molecular weight excluding hydrogens is 446 g/mol. The third kappa shape index (κ3) is 3.93. The number of aromatic nitrogens is 1. The number of methoxy groups -OCH3 is 1. The number of hydrogen-bond acceptors (Lipinski definition) is 4. The minimum absolute atomic E-state index is 0.172. The summed E-state index contributed by atoms with van der Waals surface area (Å²) in [5, 5.41) is 2.94. The average molecular weight is 466 g/mol. The van der Waals surface area contributed by atoms with Gasteiger partial charge in [0, 0.05) is 34.5 Å². The molecule has 0 aliphatic carbocycles. The zero-order valence-electron chi connectivity index (χ0n) is 16.3. The van der Waals surface area contributed by atoms with Gasteiger partial charge < -0.3 is 15.0 Å². The number of nitrogens with one attached hydrogen (secondary N) is 1. The van der Waals surface area contributed by atoms with Gasteiger partial charge in [0.1, 0.15) is 11.8 Å². The van der Waals surface area contributed by atoms with E-state index in [4.69, 9.17) is 4.74 Å². The molecule has 7 heteroatoms. The Morgan fingerprint density at radius 3 is 2.80 bits per heavy atom. The van der Waals surface area contributed by atoms with Gasteiger partial charge in [0.05, 0.1) is 13.7 Å². The summed E-state index contributed by atoms with van der Waals surface area (Å²) in [6.07, 6.45) is 3.39. The Bertz CT molecular complexity index is 1090. The lowest BCUT2D eigenvalue weighted by Gasteiger charge is -2.25. The van der Waals surface area contributed by atoms with Gasteiger partial charge in [-0.15, -0.1) is 0 Å². The van der Waals surface area contributed by atoms with Crippen molar-refractivity contribution in [3.63, 3.8) is 0 Å². The lowest BCUT2D eigenvalue weighted by atomic mass is 10.0. The number of amides is 2. The van der Waals surface area contributed by atoms with E-state index in [0.717, 1.165) is 15.6 Å². The number of rotatable bonds is 6. The smallest absolute Gasteiger partial charge is 0.255 e. The summed E-state index contributed by atoms with van der Waals surface area (Å²) >= 11 is 3.47. The molecule has 1 aliphatic heterocycles. The molecule has 0 fully saturated rings. The Morgan fingerprint density at radius 2 is 2.03 bits per heavy atom. The maximum atomic E-state index is 13.2. The van der Waals surface area contributed by atoms with E-state index in [1.807, 2.05) is 48.5 Å². The number of hydrogen-bond donors (Lipinski definition) is 1. The van der Waals surface area contributed by atoms with Crippen LogP contribution in [-0.2, 0) is 17.9 Å². The Hall–Kier alpha value is -3.19. The maximum Gasteiger partial charge on any atom is 0.255 e. The fourth-order valence-electron chi connectivity index (χ4n) is 3.66. The summed E-state index contributed by atoms with van der Waals surface area (Å²) in [5.41, 5.74) is 2.97. The molecule has 152 valence electrons. The molecule has 2 amide bonds. The molecule has 30 heavy (non-hydrogen) atoms. The molecule has 0 saturated heterocycles. The first kappa shape index (κ1) is 20.1. The summed E-state index contributed by atoms with van der Waals surface area (Å²) in [4.78, 5) is 32.0. The third-order valence-corrected chi connectivity index (χ3v) is 5.57. The van der Waals surface area contributed by atoms with Crippen LogP contribution >= 0.6 is 15.9 Å². The second-order valence-electron chi connectivity index (χ2n) is 6.96. The van der Waals surface area contributed by atoms with E-state index >= 15 is 0 Å². The van der Waals surface area contributed by atoms with Crippen molar-refractivity contribution in [1.29, 1.82) is 0 Å². The molecule has 6 nitrogen and oxygen atoms in total. The fourth-order valence-corrected chi connectivity index (χ4v) is 4.07. The van der Waals surface area contributed by atoms with Crippen molar-refractivity contribution in [2.75, 3.05) is 7.11 Å². The zero-order chi connectivity index (χ0) is 21.1. The highest BCUT2D eigenvalue weighted by molar-refractivity contribution is 9.10. The highest BCUT2D eigenvalue weighted by Gasteiger charge is 2.41. The van der Waals surface area contributed by atoms with E-state index in [-0.39, 0.29) is 18.4 Å². The topological polar surface area (TPSA) is 71.5 Å². The summed E-state index contributed by atoms with van der Waals surface area (Å²) in [6.45, 7) is 0.592. The highest BCUT2D eigenvalue weighted by Crippen LogP contribution is 2.36. The molecule has 1 atom stereocenters. The van der Waals surface area contributed by atoms with Gasteiger partial charge in [0.2, 0.25) is 5.91 Å². The lowest BCUT2D eigenvalue weighted by Crippen LogP contribution is -2.38. The van der Waals surface area contributed by atoms with E-state index < -0.39 is 6.04 Å². The van der Waals surface area contributed by atoms with Crippen LogP contribution in [0.5, 0.6) is 5.75 Å². The van der Waals surface area contributed by atoms with Crippen molar-refractivity contribution in [2.45, 2.75) is 19.1 Å². The lowest BCUT2D eigenvalue weighted by molar-refractivity contribution is -0.125. The molecule has 0 unspecified atom stereocenters.